The van der Waals surface area contributed by atoms with Crippen molar-refractivity contribution in [1.29, 1.82) is 0 Å². The van der Waals surface area contributed by atoms with Gasteiger partial charge in [-0.05, 0) is 13.8 Å². The number of rotatable bonds is 5. The molecule has 0 aliphatic heterocycles. The van der Waals surface area contributed by atoms with Gasteiger partial charge in [-0.25, -0.2) is 14.8 Å². The molecular formula is C11H15N3O3S. The molecule has 1 heterocycles. The van der Waals surface area contributed by atoms with Gasteiger partial charge in [-0.15, -0.1) is 0 Å². The van der Waals surface area contributed by atoms with E-state index in [1.54, 1.807) is 0 Å². The lowest BCUT2D eigenvalue weighted by Gasteiger charge is -2.08. The zero-order valence-corrected chi connectivity index (χ0v) is 11.3. The molecule has 0 aliphatic rings. The Balaban J connectivity index is 2.67. The summed E-state index contributed by atoms with van der Waals surface area (Å²) in [5.74, 6) is -0.425. The molecule has 18 heavy (non-hydrogen) atoms. The summed E-state index contributed by atoms with van der Waals surface area (Å²) in [4.78, 5) is 30.7. The van der Waals surface area contributed by atoms with Crippen molar-refractivity contribution in [3.8, 4) is 0 Å². The monoisotopic (exact) mass is 269 g/mol. The summed E-state index contributed by atoms with van der Waals surface area (Å²) >= 11 is 1.18. The first-order valence-electron chi connectivity index (χ1n) is 5.35. The summed E-state index contributed by atoms with van der Waals surface area (Å²) < 4.78 is 4.62. The molecule has 1 aromatic heterocycles. The molecule has 1 amide bonds. The molecule has 0 atom stereocenters. The minimum absolute atomic E-state index is 0.0866. The minimum Gasteiger partial charge on any atom is -0.465 e. The molecule has 1 aromatic rings. The quantitative estimate of drug-likeness (QED) is 0.485. The molecule has 0 unspecified atom stereocenters. The van der Waals surface area contributed by atoms with Crippen LogP contribution in [-0.4, -0.2) is 40.7 Å². The van der Waals surface area contributed by atoms with Crippen LogP contribution in [0.3, 0.4) is 0 Å². The molecule has 0 radical (unpaired) electrons. The molecule has 0 bridgehead atoms. The second kappa shape index (κ2) is 6.95. The highest BCUT2D eigenvalue weighted by Gasteiger charge is 2.15. The van der Waals surface area contributed by atoms with Gasteiger partial charge < -0.3 is 10.1 Å². The average molecular weight is 269 g/mol. The lowest BCUT2D eigenvalue weighted by atomic mass is 10.3. The van der Waals surface area contributed by atoms with Gasteiger partial charge in [-0.1, -0.05) is 11.8 Å². The van der Waals surface area contributed by atoms with Crippen molar-refractivity contribution in [2.75, 3.05) is 12.9 Å². The molecule has 6 nitrogen and oxygen atoms in total. The van der Waals surface area contributed by atoms with Crippen molar-refractivity contribution >= 4 is 23.6 Å². The standard InChI is InChI=1S/C11H15N3O3S/c1-7(2)14-9(15)5-18-10-8(11(16)17-3)4-12-6-13-10/h4,6-7H,5H2,1-3H3,(H,14,15). The van der Waals surface area contributed by atoms with Gasteiger partial charge in [0.25, 0.3) is 0 Å². The fraction of sp³-hybridized carbons (Fsp3) is 0.455. The van der Waals surface area contributed by atoms with E-state index >= 15 is 0 Å². The smallest absolute Gasteiger partial charge is 0.342 e. The normalized spacial score (nSPS) is 10.2. The number of nitrogens with zero attached hydrogens (tertiary/aromatic N) is 2. The number of nitrogens with one attached hydrogen (secondary N) is 1. The Morgan fingerprint density at radius 2 is 2.22 bits per heavy atom. The lowest BCUT2D eigenvalue weighted by Crippen LogP contribution is -2.31. The molecule has 0 spiro atoms. The lowest BCUT2D eigenvalue weighted by molar-refractivity contribution is -0.119. The molecule has 0 aromatic carbocycles. The van der Waals surface area contributed by atoms with E-state index in [1.807, 2.05) is 13.8 Å². The number of hydrogen-bond donors (Lipinski definition) is 1. The molecule has 1 rings (SSSR count). The average Bonchev–Trinajstić information content (AvgIpc) is 2.35. The number of ether oxygens (including phenoxy) is 1. The number of carbonyl (C=O) groups is 2. The molecule has 0 saturated heterocycles. The van der Waals surface area contributed by atoms with Crippen LogP contribution in [-0.2, 0) is 9.53 Å². The molecule has 0 aliphatic carbocycles. The molecule has 7 heteroatoms. The second-order valence-electron chi connectivity index (χ2n) is 3.74. The zero-order chi connectivity index (χ0) is 13.5. The van der Waals surface area contributed by atoms with Gasteiger partial charge in [-0.3, -0.25) is 4.79 Å². The second-order valence-corrected chi connectivity index (χ2v) is 4.71. The van der Waals surface area contributed by atoms with Gasteiger partial charge in [0, 0.05) is 12.2 Å². The number of methoxy groups -OCH3 is 1. The van der Waals surface area contributed by atoms with E-state index in [9.17, 15) is 9.59 Å². The molecule has 1 N–H and O–H groups in total. The van der Waals surface area contributed by atoms with Crippen LogP contribution in [0.5, 0.6) is 0 Å². The number of carbonyl (C=O) groups excluding carboxylic acids is 2. The highest BCUT2D eigenvalue weighted by molar-refractivity contribution is 8.00. The largest absolute Gasteiger partial charge is 0.465 e. The molecule has 98 valence electrons. The van der Waals surface area contributed by atoms with Gasteiger partial charge in [0.1, 0.15) is 16.9 Å². The van der Waals surface area contributed by atoms with E-state index in [1.165, 1.54) is 31.4 Å². The van der Waals surface area contributed by atoms with E-state index in [2.05, 4.69) is 20.0 Å². The molecular weight excluding hydrogens is 254 g/mol. The SMILES string of the molecule is COC(=O)c1cncnc1SCC(=O)NC(C)C. The minimum atomic E-state index is -0.512. The summed E-state index contributed by atoms with van der Waals surface area (Å²) in [6.07, 6.45) is 2.71. The number of thioether (sulfide) groups is 1. The number of hydrogen-bond acceptors (Lipinski definition) is 6. The maximum absolute atomic E-state index is 11.5. The van der Waals surface area contributed by atoms with Crippen LogP contribution in [0.15, 0.2) is 17.6 Å². The zero-order valence-electron chi connectivity index (χ0n) is 10.5. The molecule has 0 saturated carbocycles. The van der Waals surface area contributed by atoms with E-state index in [4.69, 9.17) is 0 Å². The van der Waals surface area contributed by atoms with Crippen LogP contribution in [0.2, 0.25) is 0 Å². The van der Waals surface area contributed by atoms with Crippen LogP contribution in [0.4, 0.5) is 0 Å². The fourth-order valence-corrected chi connectivity index (χ4v) is 1.95. The highest BCUT2D eigenvalue weighted by atomic mass is 32.2. The first kappa shape index (κ1) is 14.4. The van der Waals surface area contributed by atoms with Gasteiger partial charge in [0.05, 0.1) is 12.9 Å². The first-order valence-corrected chi connectivity index (χ1v) is 6.33. The maximum Gasteiger partial charge on any atom is 0.342 e. The van der Waals surface area contributed by atoms with Crippen molar-refractivity contribution in [2.24, 2.45) is 0 Å². The van der Waals surface area contributed by atoms with Crippen LogP contribution < -0.4 is 5.32 Å². The van der Waals surface area contributed by atoms with Crippen LogP contribution in [0, 0.1) is 0 Å². The van der Waals surface area contributed by atoms with Crippen molar-refractivity contribution < 1.29 is 14.3 Å². The van der Waals surface area contributed by atoms with Gasteiger partial charge in [0.2, 0.25) is 5.91 Å². The number of esters is 1. The van der Waals surface area contributed by atoms with Crippen molar-refractivity contribution in [3.63, 3.8) is 0 Å². The summed E-state index contributed by atoms with van der Waals surface area (Å²) in [6, 6.07) is 0.0866. The summed E-state index contributed by atoms with van der Waals surface area (Å²) in [7, 11) is 1.29. The van der Waals surface area contributed by atoms with Gasteiger partial charge in [0.15, 0.2) is 0 Å². The van der Waals surface area contributed by atoms with E-state index in [0.717, 1.165) is 0 Å². The Hall–Kier alpha value is -1.63. The van der Waals surface area contributed by atoms with Gasteiger partial charge >= 0.3 is 5.97 Å². The van der Waals surface area contributed by atoms with E-state index < -0.39 is 5.97 Å². The Kier molecular flexibility index (Phi) is 5.57. The Morgan fingerprint density at radius 1 is 1.50 bits per heavy atom. The third-order valence-corrected chi connectivity index (χ3v) is 2.88. The first-order chi connectivity index (χ1) is 8.54. The van der Waals surface area contributed by atoms with E-state index in [0.29, 0.717) is 5.03 Å². The summed E-state index contributed by atoms with van der Waals surface area (Å²) in [6.45, 7) is 3.76. The number of amides is 1. The topological polar surface area (TPSA) is 81.2 Å². The van der Waals surface area contributed by atoms with Crippen LogP contribution >= 0.6 is 11.8 Å². The number of aromatic nitrogens is 2. The van der Waals surface area contributed by atoms with Gasteiger partial charge in [-0.2, -0.15) is 0 Å². The van der Waals surface area contributed by atoms with Crippen molar-refractivity contribution in [2.45, 2.75) is 24.9 Å². The fourth-order valence-electron chi connectivity index (χ4n) is 1.18. The Morgan fingerprint density at radius 3 is 2.83 bits per heavy atom. The maximum atomic E-state index is 11.5. The van der Waals surface area contributed by atoms with Crippen molar-refractivity contribution in [1.82, 2.24) is 15.3 Å². The van der Waals surface area contributed by atoms with Crippen LogP contribution in [0.25, 0.3) is 0 Å². The third-order valence-electron chi connectivity index (χ3n) is 1.87. The Labute approximate surface area is 110 Å². The third kappa shape index (κ3) is 4.33. The predicted octanol–water partition coefficient (Wildman–Crippen LogP) is 0.880. The predicted molar refractivity (Wildman–Crippen MR) is 67.4 cm³/mol. The summed E-state index contributed by atoms with van der Waals surface area (Å²) in [5.41, 5.74) is 0.266. The Bertz CT molecular complexity index is 437. The summed E-state index contributed by atoms with van der Waals surface area (Å²) in [5, 5.41) is 3.20. The van der Waals surface area contributed by atoms with Crippen LogP contribution in [0.1, 0.15) is 24.2 Å². The highest BCUT2D eigenvalue weighted by Crippen LogP contribution is 2.19. The molecule has 0 fully saturated rings. The van der Waals surface area contributed by atoms with E-state index in [-0.39, 0.29) is 23.3 Å². The van der Waals surface area contributed by atoms with Crippen molar-refractivity contribution in [3.05, 3.63) is 18.1 Å².